The van der Waals surface area contributed by atoms with Gasteiger partial charge in [0.05, 0.1) is 18.7 Å². The Bertz CT molecular complexity index is 825. The van der Waals surface area contributed by atoms with Crippen molar-refractivity contribution in [2.75, 3.05) is 7.11 Å². The minimum atomic E-state index is -0.556. The van der Waals surface area contributed by atoms with E-state index in [1.54, 1.807) is 13.3 Å². The SMILES string of the molecule is COC1=Nc2c3c(cnc2=CC1)=NC(=O)C([C@H]1CC[C@H](N)CC1)O3. The molecule has 2 N–H and O–H groups in total. The molecule has 0 saturated heterocycles. The van der Waals surface area contributed by atoms with E-state index in [9.17, 15) is 4.79 Å². The topological polar surface area (TPSA) is 99.2 Å². The van der Waals surface area contributed by atoms with Crippen molar-refractivity contribution in [2.45, 2.75) is 44.2 Å². The lowest BCUT2D eigenvalue weighted by molar-refractivity contribution is -0.128. The van der Waals surface area contributed by atoms with Crippen molar-refractivity contribution in [1.29, 1.82) is 0 Å². The quantitative estimate of drug-likeness (QED) is 0.803. The Morgan fingerprint density at radius 3 is 2.79 bits per heavy atom. The Balaban J connectivity index is 1.72. The molecule has 4 rings (SSSR count). The highest BCUT2D eigenvalue weighted by molar-refractivity contribution is 5.88. The fraction of sp³-hybridized carbons (Fsp3) is 0.529. The van der Waals surface area contributed by atoms with Gasteiger partial charge in [-0.25, -0.2) is 9.98 Å². The predicted octanol–water partition coefficient (Wildman–Crippen LogP) is 0.367. The first-order chi connectivity index (χ1) is 11.7. The molecule has 2 aliphatic heterocycles. The van der Waals surface area contributed by atoms with Crippen molar-refractivity contribution in [3.63, 3.8) is 0 Å². The zero-order valence-electron chi connectivity index (χ0n) is 13.6. The summed E-state index contributed by atoms with van der Waals surface area (Å²) < 4.78 is 11.3. The number of aromatic nitrogens is 1. The molecule has 24 heavy (non-hydrogen) atoms. The number of hydrogen-bond acceptors (Lipinski definition) is 6. The Morgan fingerprint density at radius 1 is 1.25 bits per heavy atom. The van der Waals surface area contributed by atoms with Crippen LogP contribution in [-0.2, 0) is 9.53 Å². The van der Waals surface area contributed by atoms with E-state index in [-0.39, 0.29) is 17.9 Å². The summed E-state index contributed by atoms with van der Waals surface area (Å²) in [5.41, 5.74) is 6.57. The highest BCUT2D eigenvalue weighted by Crippen LogP contribution is 2.32. The summed E-state index contributed by atoms with van der Waals surface area (Å²) in [5.74, 6) is 1.04. The summed E-state index contributed by atoms with van der Waals surface area (Å²) in [6.07, 6.45) is 7.15. The van der Waals surface area contributed by atoms with Gasteiger partial charge in [-0.3, -0.25) is 9.78 Å². The highest BCUT2D eigenvalue weighted by atomic mass is 16.5. The number of carbonyl (C=O) groups is 1. The fourth-order valence-corrected chi connectivity index (χ4v) is 3.53. The van der Waals surface area contributed by atoms with Gasteiger partial charge in [0.25, 0.3) is 5.91 Å². The lowest BCUT2D eigenvalue weighted by atomic mass is 9.82. The van der Waals surface area contributed by atoms with Crippen LogP contribution in [0.25, 0.3) is 6.08 Å². The van der Waals surface area contributed by atoms with E-state index in [2.05, 4.69) is 15.0 Å². The van der Waals surface area contributed by atoms with E-state index in [0.717, 1.165) is 31.0 Å². The van der Waals surface area contributed by atoms with Crippen molar-refractivity contribution >= 4 is 23.6 Å². The van der Waals surface area contributed by atoms with Crippen molar-refractivity contribution in [3.8, 4) is 5.75 Å². The maximum absolute atomic E-state index is 12.4. The largest absolute Gasteiger partial charge is 0.484 e. The fourth-order valence-electron chi connectivity index (χ4n) is 3.53. The summed E-state index contributed by atoms with van der Waals surface area (Å²) in [6, 6.07) is 0.226. The number of ether oxygens (including phenoxy) is 2. The Kier molecular flexibility index (Phi) is 3.80. The molecule has 3 aliphatic rings. The molecule has 0 aromatic carbocycles. The molecule has 126 valence electrons. The van der Waals surface area contributed by atoms with Gasteiger partial charge in [-0.05, 0) is 31.8 Å². The van der Waals surface area contributed by atoms with Gasteiger partial charge in [-0.1, -0.05) is 0 Å². The molecule has 7 heteroatoms. The molecule has 1 fully saturated rings. The first-order valence-electron chi connectivity index (χ1n) is 8.31. The predicted molar refractivity (Wildman–Crippen MR) is 87.6 cm³/mol. The van der Waals surface area contributed by atoms with Crippen LogP contribution in [-0.4, -0.2) is 36.0 Å². The number of nitrogens with two attached hydrogens (primary N) is 1. The van der Waals surface area contributed by atoms with E-state index in [0.29, 0.717) is 29.1 Å². The van der Waals surface area contributed by atoms with Crippen LogP contribution in [0.5, 0.6) is 5.75 Å². The highest BCUT2D eigenvalue weighted by Gasteiger charge is 2.36. The molecule has 1 atom stereocenters. The Labute approximate surface area is 139 Å². The molecule has 1 amide bonds. The summed E-state index contributed by atoms with van der Waals surface area (Å²) in [4.78, 5) is 25.4. The summed E-state index contributed by atoms with van der Waals surface area (Å²) in [6.45, 7) is 0. The van der Waals surface area contributed by atoms with Crippen LogP contribution in [0, 0.1) is 5.92 Å². The van der Waals surface area contributed by atoms with Crippen LogP contribution in [0.15, 0.2) is 16.2 Å². The van der Waals surface area contributed by atoms with Crippen LogP contribution in [0.2, 0.25) is 0 Å². The minimum absolute atomic E-state index is 0.150. The Morgan fingerprint density at radius 2 is 2.04 bits per heavy atom. The van der Waals surface area contributed by atoms with Gasteiger partial charge in [0.15, 0.2) is 17.8 Å². The Hall–Kier alpha value is -2.28. The summed E-state index contributed by atoms with van der Waals surface area (Å²) >= 11 is 0. The van der Waals surface area contributed by atoms with Crippen LogP contribution in [0.1, 0.15) is 32.1 Å². The average Bonchev–Trinajstić information content (AvgIpc) is 2.61. The van der Waals surface area contributed by atoms with Gasteiger partial charge in [0.2, 0.25) is 0 Å². The maximum Gasteiger partial charge on any atom is 0.287 e. The van der Waals surface area contributed by atoms with E-state index in [1.165, 1.54) is 0 Å². The lowest BCUT2D eigenvalue weighted by Gasteiger charge is -2.32. The molecule has 1 aliphatic carbocycles. The molecule has 1 aromatic rings. The number of methoxy groups -OCH3 is 1. The number of amides is 1. The van der Waals surface area contributed by atoms with E-state index >= 15 is 0 Å². The first-order valence-corrected chi connectivity index (χ1v) is 8.31. The molecule has 3 heterocycles. The van der Waals surface area contributed by atoms with E-state index < -0.39 is 6.10 Å². The lowest BCUT2D eigenvalue weighted by Crippen LogP contribution is -2.43. The smallest absolute Gasteiger partial charge is 0.287 e. The van der Waals surface area contributed by atoms with Crippen LogP contribution in [0.4, 0.5) is 5.69 Å². The zero-order chi connectivity index (χ0) is 16.7. The molecule has 0 spiro atoms. The first kappa shape index (κ1) is 15.3. The molecular weight excluding hydrogens is 308 g/mol. The minimum Gasteiger partial charge on any atom is -0.484 e. The number of carbonyl (C=O) groups excluding carboxylic acids is 1. The monoisotopic (exact) mass is 328 g/mol. The number of aliphatic imine (C=N–C) groups is 1. The number of nitrogens with zero attached hydrogens (tertiary/aromatic N) is 3. The normalized spacial score (nSPS) is 28.5. The molecular formula is C17H20N4O3. The number of hydrogen-bond donors (Lipinski definition) is 1. The van der Waals surface area contributed by atoms with Crippen LogP contribution >= 0.6 is 0 Å². The second-order valence-corrected chi connectivity index (χ2v) is 6.49. The van der Waals surface area contributed by atoms with Crippen molar-refractivity contribution < 1.29 is 14.3 Å². The van der Waals surface area contributed by atoms with Crippen LogP contribution < -0.4 is 21.2 Å². The van der Waals surface area contributed by atoms with Crippen LogP contribution in [0.3, 0.4) is 0 Å². The molecule has 0 radical (unpaired) electrons. The third-order valence-electron chi connectivity index (χ3n) is 4.92. The third-order valence-corrected chi connectivity index (χ3v) is 4.92. The van der Waals surface area contributed by atoms with Gasteiger partial charge >= 0.3 is 0 Å². The summed E-state index contributed by atoms with van der Waals surface area (Å²) in [5, 5.41) is 1.18. The average molecular weight is 328 g/mol. The molecule has 1 saturated carbocycles. The van der Waals surface area contributed by atoms with Crippen molar-refractivity contribution in [2.24, 2.45) is 21.6 Å². The van der Waals surface area contributed by atoms with Gasteiger partial charge in [-0.15, -0.1) is 0 Å². The van der Waals surface area contributed by atoms with Gasteiger partial charge in [0, 0.05) is 18.4 Å². The standard InChI is InChI=1S/C17H20N4O3/c1-23-13-7-6-11-14(21-13)16-12(8-19-11)20-17(22)15(24-16)9-2-4-10(18)5-3-9/h6,8-10,15H,2-5,7,18H2,1H3/t9-,10-,15?. The summed E-state index contributed by atoms with van der Waals surface area (Å²) in [7, 11) is 1.59. The van der Waals surface area contributed by atoms with E-state index in [1.807, 2.05) is 6.08 Å². The number of fused-ring (bicyclic) bond motifs is 3. The maximum atomic E-state index is 12.4. The van der Waals surface area contributed by atoms with E-state index in [4.69, 9.17) is 15.2 Å². The number of pyridine rings is 1. The van der Waals surface area contributed by atoms with Gasteiger partial charge in [-0.2, -0.15) is 0 Å². The van der Waals surface area contributed by atoms with Gasteiger partial charge in [0.1, 0.15) is 11.0 Å². The molecule has 1 unspecified atom stereocenters. The third kappa shape index (κ3) is 2.58. The second kappa shape index (κ2) is 5.98. The van der Waals surface area contributed by atoms with Crippen molar-refractivity contribution in [3.05, 3.63) is 16.9 Å². The second-order valence-electron chi connectivity index (χ2n) is 6.49. The van der Waals surface area contributed by atoms with Crippen molar-refractivity contribution in [1.82, 2.24) is 4.98 Å². The molecule has 0 bridgehead atoms. The van der Waals surface area contributed by atoms with Gasteiger partial charge < -0.3 is 15.2 Å². The molecule has 7 nitrogen and oxygen atoms in total. The zero-order valence-corrected chi connectivity index (χ0v) is 13.6. The molecule has 1 aromatic heterocycles. The number of rotatable bonds is 1.